The molecule has 1 atom stereocenters. The van der Waals surface area contributed by atoms with Crippen molar-refractivity contribution >= 4 is 6.16 Å². The molecule has 1 aliphatic rings. The summed E-state index contributed by atoms with van der Waals surface area (Å²) in [6, 6.07) is 0. The van der Waals surface area contributed by atoms with E-state index in [9.17, 15) is 4.79 Å². The molecule has 1 saturated heterocycles. The maximum absolute atomic E-state index is 10.4. The zero-order valence-electron chi connectivity index (χ0n) is 5.41. The van der Waals surface area contributed by atoms with Crippen molar-refractivity contribution in [2.24, 2.45) is 0 Å². The summed E-state index contributed by atoms with van der Waals surface area (Å²) in [7, 11) is 0. The molecule has 0 radical (unpaired) electrons. The summed E-state index contributed by atoms with van der Waals surface area (Å²) >= 11 is 0. The van der Waals surface area contributed by atoms with Crippen LogP contribution in [0.2, 0.25) is 0 Å². The van der Waals surface area contributed by atoms with Crippen LogP contribution < -0.4 is 0 Å². The number of carbonyl (C=O) groups is 1. The molecule has 0 N–H and O–H groups in total. The van der Waals surface area contributed by atoms with E-state index in [2.05, 4.69) is 16.1 Å². The molecule has 0 spiro atoms. The van der Waals surface area contributed by atoms with Crippen molar-refractivity contribution in [3.05, 3.63) is 12.8 Å². The third-order valence-electron chi connectivity index (χ3n) is 0.969. The van der Waals surface area contributed by atoms with Crippen LogP contribution in [0.15, 0.2) is 12.8 Å². The van der Waals surface area contributed by atoms with Gasteiger partial charge in [-0.05, 0) is 0 Å². The van der Waals surface area contributed by atoms with Crippen molar-refractivity contribution < 1.29 is 19.0 Å². The largest absolute Gasteiger partial charge is 0.513 e. The molecule has 0 aliphatic carbocycles. The first kappa shape index (κ1) is 7.08. The topological polar surface area (TPSA) is 48.1 Å². The molecular weight excluding hydrogens is 136 g/mol. The highest BCUT2D eigenvalue weighted by molar-refractivity contribution is 5.60. The van der Waals surface area contributed by atoms with Gasteiger partial charge in [0.2, 0.25) is 0 Å². The number of hydrogen-bond donors (Lipinski definition) is 0. The van der Waals surface area contributed by atoms with Crippen molar-refractivity contribution in [3.63, 3.8) is 0 Å². The van der Waals surface area contributed by atoms with Crippen LogP contribution in [0.1, 0.15) is 0 Å². The number of hydrogen-bond acceptors (Lipinski definition) is 4. The van der Waals surface area contributed by atoms with E-state index in [1.165, 1.54) is 0 Å². The van der Waals surface area contributed by atoms with Gasteiger partial charge in [-0.25, -0.2) is 4.79 Å². The van der Waals surface area contributed by atoms with E-state index in [1.54, 1.807) is 0 Å². The van der Waals surface area contributed by atoms with Crippen LogP contribution in [0.4, 0.5) is 4.79 Å². The first-order valence-corrected chi connectivity index (χ1v) is 2.89. The Morgan fingerprint density at radius 3 is 3.10 bits per heavy atom. The SMILES string of the molecule is C=COC(=O)OCC1CO1. The van der Waals surface area contributed by atoms with Gasteiger partial charge in [0.05, 0.1) is 12.9 Å². The quantitative estimate of drug-likeness (QED) is 0.332. The van der Waals surface area contributed by atoms with Gasteiger partial charge in [-0.2, -0.15) is 0 Å². The maximum atomic E-state index is 10.4. The molecule has 0 aromatic rings. The summed E-state index contributed by atoms with van der Waals surface area (Å²) in [5.74, 6) is 0. The predicted molar refractivity (Wildman–Crippen MR) is 32.4 cm³/mol. The molecule has 1 fully saturated rings. The van der Waals surface area contributed by atoms with Crippen LogP contribution in [-0.2, 0) is 14.2 Å². The lowest BCUT2D eigenvalue weighted by Crippen LogP contribution is -2.08. The first-order chi connectivity index (χ1) is 4.83. The Hall–Kier alpha value is -1.03. The van der Waals surface area contributed by atoms with Gasteiger partial charge in [-0.1, -0.05) is 6.58 Å². The second-order valence-corrected chi connectivity index (χ2v) is 1.80. The van der Waals surface area contributed by atoms with Crippen LogP contribution in [0, 0.1) is 0 Å². The Morgan fingerprint density at radius 1 is 1.90 bits per heavy atom. The number of epoxide rings is 1. The van der Waals surface area contributed by atoms with E-state index >= 15 is 0 Å². The fourth-order valence-corrected chi connectivity index (χ4v) is 0.427. The molecule has 56 valence electrons. The smallest absolute Gasteiger partial charge is 0.431 e. The first-order valence-electron chi connectivity index (χ1n) is 2.89. The second-order valence-electron chi connectivity index (χ2n) is 1.80. The molecule has 4 heteroatoms. The second kappa shape index (κ2) is 3.22. The van der Waals surface area contributed by atoms with Crippen molar-refractivity contribution in [2.45, 2.75) is 6.10 Å². The van der Waals surface area contributed by atoms with Gasteiger partial charge in [-0.3, -0.25) is 0 Å². The molecule has 1 rings (SSSR count). The molecule has 0 amide bonds. The van der Waals surface area contributed by atoms with Crippen LogP contribution in [-0.4, -0.2) is 25.5 Å². The summed E-state index contributed by atoms with van der Waals surface area (Å²) < 4.78 is 13.6. The lowest BCUT2D eigenvalue weighted by molar-refractivity contribution is 0.0786. The van der Waals surface area contributed by atoms with E-state index in [0.29, 0.717) is 6.61 Å². The molecule has 0 aromatic heterocycles. The predicted octanol–water partition coefficient (Wildman–Crippen LogP) is 0.682. The summed E-state index contributed by atoms with van der Waals surface area (Å²) in [5, 5.41) is 0. The van der Waals surface area contributed by atoms with E-state index in [-0.39, 0.29) is 12.7 Å². The number of carbonyl (C=O) groups excluding carboxylic acids is 1. The normalized spacial score (nSPS) is 21.4. The van der Waals surface area contributed by atoms with Crippen LogP contribution in [0.25, 0.3) is 0 Å². The molecule has 4 nitrogen and oxygen atoms in total. The third kappa shape index (κ3) is 2.50. The van der Waals surface area contributed by atoms with Gasteiger partial charge in [0.15, 0.2) is 0 Å². The molecule has 0 bridgehead atoms. The minimum atomic E-state index is -0.731. The van der Waals surface area contributed by atoms with E-state index in [1.807, 2.05) is 0 Å². The van der Waals surface area contributed by atoms with Gasteiger partial charge < -0.3 is 14.2 Å². The van der Waals surface area contributed by atoms with Gasteiger partial charge in [0.1, 0.15) is 12.7 Å². The molecule has 0 saturated carbocycles. The van der Waals surface area contributed by atoms with Gasteiger partial charge >= 0.3 is 6.16 Å². The highest BCUT2D eigenvalue weighted by Gasteiger charge is 2.24. The highest BCUT2D eigenvalue weighted by atomic mass is 16.7. The van der Waals surface area contributed by atoms with Crippen molar-refractivity contribution in [3.8, 4) is 0 Å². The van der Waals surface area contributed by atoms with Gasteiger partial charge in [0, 0.05) is 0 Å². The average Bonchev–Trinajstić information content (AvgIpc) is 2.67. The minimum Gasteiger partial charge on any atom is -0.431 e. The monoisotopic (exact) mass is 144 g/mol. The summed E-state index contributed by atoms with van der Waals surface area (Å²) in [5.41, 5.74) is 0. The molecule has 10 heavy (non-hydrogen) atoms. The third-order valence-corrected chi connectivity index (χ3v) is 0.969. The standard InChI is InChI=1S/C6H8O4/c1-2-8-6(7)10-4-5-3-9-5/h2,5H,1,3-4H2. The summed E-state index contributed by atoms with van der Waals surface area (Å²) in [4.78, 5) is 10.4. The molecule has 1 aliphatic heterocycles. The fourth-order valence-electron chi connectivity index (χ4n) is 0.427. The maximum Gasteiger partial charge on any atom is 0.513 e. The number of ether oxygens (including phenoxy) is 3. The highest BCUT2D eigenvalue weighted by Crippen LogP contribution is 2.08. The lowest BCUT2D eigenvalue weighted by atomic mass is 10.5. The Balaban J connectivity index is 1.99. The lowest BCUT2D eigenvalue weighted by Gasteiger charge is -1.98. The van der Waals surface area contributed by atoms with E-state index in [0.717, 1.165) is 6.26 Å². The van der Waals surface area contributed by atoms with Crippen molar-refractivity contribution in [2.75, 3.05) is 13.2 Å². The van der Waals surface area contributed by atoms with Gasteiger partial charge in [-0.15, -0.1) is 0 Å². The Labute approximate surface area is 58.4 Å². The fraction of sp³-hybridized carbons (Fsp3) is 0.500. The van der Waals surface area contributed by atoms with Crippen molar-refractivity contribution in [1.82, 2.24) is 0 Å². The van der Waals surface area contributed by atoms with Crippen LogP contribution in [0.3, 0.4) is 0 Å². The molecule has 1 unspecified atom stereocenters. The summed E-state index contributed by atoms with van der Waals surface area (Å²) in [6.45, 7) is 4.13. The minimum absolute atomic E-state index is 0.0809. The zero-order chi connectivity index (χ0) is 7.40. The average molecular weight is 144 g/mol. The molecule has 0 aromatic carbocycles. The Morgan fingerprint density at radius 2 is 2.60 bits per heavy atom. The molecular formula is C6H8O4. The number of rotatable bonds is 3. The van der Waals surface area contributed by atoms with E-state index in [4.69, 9.17) is 4.74 Å². The van der Waals surface area contributed by atoms with Crippen LogP contribution in [0.5, 0.6) is 0 Å². The molecule has 1 heterocycles. The zero-order valence-corrected chi connectivity index (χ0v) is 5.41. The van der Waals surface area contributed by atoms with E-state index < -0.39 is 6.16 Å². The Kier molecular flexibility index (Phi) is 2.28. The van der Waals surface area contributed by atoms with Gasteiger partial charge in [0.25, 0.3) is 0 Å². The van der Waals surface area contributed by atoms with Crippen molar-refractivity contribution in [1.29, 1.82) is 0 Å². The summed E-state index contributed by atoms with van der Waals surface area (Å²) in [6.07, 6.45) is 0.374. The van der Waals surface area contributed by atoms with Crippen LogP contribution >= 0.6 is 0 Å². The Bertz CT molecular complexity index is 139.